The molecule has 0 heterocycles. The third-order valence-electron chi connectivity index (χ3n) is 3.67. The van der Waals surface area contributed by atoms with Crippen molar-refractivity contribution in [3.8, 4) is 6.19 Å². The molecule has 0 saturated carbocycles. The summed E-state index contributed by atoms with van der Waals surface area (Å²) in [5, 5.41) is 9.41. The predicted molar refractivity (Wildman–Crippen MR) is 102 cm³/mol. The Hall–Kier alpha value is -2.36. The summed E-state index contributed by atoms with van der Waals surface area (Å²) in [6, 6.07) is 12.1. The number of benzene rings is 2. The van der Waals surface area contributed by atoms with Crippen molar-refractivity contribution in [3.05, 3.63) is 53.1 Å². The van der Waals surface area contributed by atoms with Gasteiger partial charge in [-0.15, -0.1) is 4.36 Å². The Morgan fingerprint density at radius 3 is 2.60 bits per heavy atom. The van der Waals surface area contributed by atoms with E-state index in [9.17, 15) is 4.21 Å². The van der Waals surface area contributed by atoms with Crippen LogP contribution in [0.5, 0.6) is 0 Å². The number of hydrogen-bond donors (Lipinski definition) is 0. The van der Waals surface area contributed by atoms with Crippen molar-refractivity contribution in [2.45, 2.75) is 23.6 Å². The molecule has 1 unspecified atom stereocenters. The van der Waals surface area contributed by atoms with E-state index in [1.807, 2.05) is 31.9 Å². The van der Waals surface area contributed by atoms with E-state index in [0.717, 1.165) is 6.54 Å². The molecule has 0 N–H and O–H groups in total. The Kier molecular flexibility index (Phi) is 6.18. The fourth-order valence-corrected chi connectivity index (χ4v) is 4.33. The Labute approximate surface area is 153 Å². The zero-order valence-electron chi connectivity index (χ0n) is 14.3. The van der Waals surface area contributed by atoms with Crippen molar-refractivity contribution in [2.75, 3.05) is 13.6 Å². The van der Waals surface area contributed by atoms with E-state index in [2.05, 4.69) is 9.36 Å². The molecule has 0 saturated heterocycles. The van der Waals surface area contributed by atoms with Crippen LogP contribution in [0.2, 0.25) is 5.02 Å². The smallest absolute Gasteiger partial charge is 0.215 e. The average Bonchev–Trinajstić information content (AvgIpc) is 2.62. The Morgan fingerprint density at radius 1 is 1.32 bits per heavy atom. The van der Waals surface area contributed by atoms with E-state index >= 15 is 0 Å². The fourth-order valence-electron chi connectivity index (χ4n) is 2.18. The molecule has 25 heavy (non-hydrogen) atoms. The van der Waals surface area contributed by atoms with Crippen LogP contribution in [0.15, 0.2) is 61.6 Å². The van der Waals surface area contributed by atoms with Crippen LogP contribution in [0.3, 0.4) is 0 Å². The van der Waals surface area contributed by atoms with Crippen molar-refractivity contribution >= 4 is 33.4 Å². The lowest BCUT2D eigenvalue weighted by Crippen LogP contribution is -2.14. The number of nitriles is 1. The molecule has 2 aromatic rings. The first-order valence-corrected chi connectivity index (χ1v) is 9.56. The number of hydrogen-bond acceptors (Lipinski definition) is 4. The molecule has 0 amide bonds. The molecule has 2 rings (SSSR count). The maximum Gasteiger partial charge on any atom is 0.215 e. The highest BCUT2D eigenvalue weighted by Crippen LogP contribution is 2.34. The molecule has 5 nitrogen and oxygen atoms in total. The highest BCUT2D eigenvalue weighted by Gasteiger charge is 2.20. The molecule has 0 aliphatic heterocycles. The van der Waals surface area contributed by atoms with Crippen LogP contribution in [0, 0.1) is 18.4 Å². The zero-order valence-corrected chi connectivity index (χ0v) is 15.9. The van der Waals surface area contributed by atoms with Gasteiger partial charge in [0, 0.05) is 13.6 Å². The van der Waals surface area contributed by atoms with Gasteiger partial charge in [0.25, 0.3) is 0 Å². The first kappa shape index (κ1) is 19.0. The molecular formula is C18H19ClN4OS. The minimum atomic E-state index is -3.09. The first-order valence-electron chi connectivity index (χ1n) is 7.67. The average molecular weight is 375 g/mol. The van der Waals surface area contributed by atoms with Gasteiger partial charge in [0.2, 0.25) is 6.19 Å². The second-order valence-electron chi connectivity index (χ2n) is 5.42. The van der Waals surface area contributed by atoms with Crippen LogP contribution in [0.4, 0.5) is 5.69 Å². The summed E-state index contributed by atoms with van der Waals surface area (Å²) < 4.78 is 17.2. The normalized spacial score (nSPS) is 13.2. The summed E-state index contributed by atoms with van der Waals surface area (Å²) in [6.07, 6.45) is 3.37. The van der Waals surface area contributed by atoms with Crippen molar-refractivity contribution in [2.24, 2.45) is 9.36 Å². The van der Waals surface area contributed by atoms with Gasteiger partial charge in [0.1, 0.15) is 9.73 Å². The van der Waals surface area contributed by atoms with Crippen LogP contribution in [-0.2, 0) is 9.73 Å². The van der Waals surface area contributed by atoms with Gasteiger partial charge in [0.15, 0.2) is 0 Å². The van der Waals surface area contributed by atoms with E-state index in [0.29, 0.717) is 26.1 Å². The number of aliphatic imine (C=N–C) groups is 1. The van der Waals surface area contributed by atoms with Gasteiger partial charge < -0.3 is 4.90 Å². The molecule has 0 spiro atoms. The van der Waals surface area contributed by atoms with E-state index < -0.39 is 9.73 Å². The van der Waals surface area contributed by atoms with Gasteiger partial charge in [-0.1, -0.05) is 29.8 Å². The van der Waals surface area contributed by atoms with E-state index in [1.165, 1.54) is 0 Å². The van der Waals surface area contributed by atoms with Crippen molar-refractivity contribution in [1.29, 1.82) is 5.26 Å². The van der Waals surface area contributed by atoms with E-state index in [-0.39, 0.29) is 0 Å². The summed E-state index contributed by atoms with van der Waals surface area (Å²) >= 11 is 6.34. The molecule has 0 aliphatic rings. The molecule has 1 atom stereocenters. The maximum atomic E-state index is 13.5. The molecule has 0 bridgehead atoms. The number of halogens is 1. The van der Waals surface area contributed by atoms with Crippen LogP contribution >= 0.6 is 11.6 Å². The molecule has 0 aliphatic carbocycles. The highest BCUT2D eigenvalue weighted by molar-refractivity contribution is 7.93. The lowest BCUT2D eigenvalue weighted by atomic mass is 10.2. The summed E-state index contributed by atoms with van der Waals surface area (Å²) in [4.78, 5) is 7.17. The quantitative estimate of drug-likeness (QED) is 0.435. The van der Waals surface area contributed by atoms with Gasteiger partial charge in [-0.3, -0.25) is 0 Å². The van der Waals surface area contributed by atoms with E-state index in [4.69, 9.17) is 16.9 Å². The van der Waals surface area contributed by atoms with Gasteiger partial charge in [-0.05, 0) is 43.7 Å². The molecular weight excluding hydrogens is 356 g/mol. The Balaban J connectivity index is 2.61. The maximum absolute atomic E-state index is 13.5. The molecule has 2 aromatic carbocycles. The van der Waals surface area contributed by atoms with Gasteiger partial charge in [-0.2, -0.15) is 5.26 Å². The molecule has 7 heteroatoms. The van der Waals surface area contributed by atoms with E-state index in [1.54, 1.807) is 48.9 Å². The first-order chi connectivity index (χ1) is 11.9. The van der Waals surface area contributed by atoms with Crippen LogP contribution in [0.1, 0.15) is 12.5 Å². The molecule has 0 radical (unpaired) electrons. The van der Waals surface area contributed by atoms with Crippen molar-refractivity contribution in [1.82, 2.24) is 4.90 Å². The molecule has 0 aromatic heterocycles. The van der Waals surface area contributed by atoms with Crippen LogP contribution in [0.25, 0.3) is 0 Å². The van der Waals surface area contributed by atoms with Gasteiger partial charge in [0.05, 0.1) is 26.8 Å². The number of rotatable bonds is 5. The molecule has 130 valence electrons. The second kappa shape index (κ2) is 8.15. The third kappa shape index (κ3) is 4.19. The summed E-state index contributed by atoms with van der Waals surface area (Å²) in [7, 11) is -1.18. The SMILES string of the molecule is CCN(C)C=Nc1cc(C)c(S(=O)(=NC#N)c2ccccc2)cc1Cl. The van der Waals surface area contributed by atoms with Gasteiger partial charge in [-0.25, -0.2) is 9.20 Å². The third-order valence-corrected chi connectivity index (χ3v) is 6.26. The minimum Gasteiger partial charge on any atom is -0.366 e. The Bertz CT molecular complexity index is 942. The Morgan fingerprint density at radius 2 is 2.00 bits per heavy atom. The summed E-state index contributed by atoms with van der Waals surface area (Å²) in [6.45, 7) is 4.64. The predicted octanol–water partition coefficient (Wildman–Crippen LogP) is 4.63. The minimum absolute atomic E-state index is 0.359. The second-order valence-corrected chi connectivity index (χ2v) is 7.97. The topological polar surface area (TPSA) is 68.8 Å². The summed E-state index contributed by atoms with van der Waals surface area (Å²) in [5.74, 6) is 0. The largest absolute Gasteiger partial charge is 0.366 e. The number of aryl methyl sites for hydroxylation is 1. The van der Waals surface area contributed by atoms with Crippen LogP contribution in [-0.4, -0.2) is 29.0 Å². The number of nitrogens with zero attached hydrogens (tertiary/aromatic N) is 4. The standard InChI is InChI=1S/C18H19ClN4OS/c1-4-23(3)13-21-17-10-14(2)18(11-16(17)19)25(24,22-12-20)15-8-6-5-7-9-15/h5-11,13H,4H2,1-3H3. The lowest BCUT2D eigenvalue weighted by Gasteiger charge is -2.14. The van der Waals surface area contributed by atoms with Crippen molar-refractivity contribution < 1.29 is 4.21 Å². The van der Waals surface area contributed by atoms with Crippen molar-refractivity contribution in [3.63, 3.8) is 0 Å². The van der Waals surface area contributed by atoms with Gasteiger partial charge >= 0.3 is 0 Å². The lowest BCUT2D eigenvalue weighted by molar-refractivity contribution is 0.552. The molecule has 0 fully saturated rings. The highest BCUT2D eigenvalue weighted by atomic mass is 35.5. The fraction of sp³-hybridized carbons (Fsp3) is 0.222. The van der Waals surface area contributed by atoms with Crippen LogP contribution < -0.4 is 0 Å². The summed E-state index contributed by atoms with van der Waals surface area (Å²) in [5.41, 5.74) is 1.29. The zero-order chi connectivity index (χ0) is 18.4. The monoisotopic (exact) mass is 374 g/mol.